The smallest absolute Gasteiger partial charge is 0.253 e. The second-order valence-electron chi connectivity index (χ2n) is 6.95. The number of para-hydroxylation sites is 1. The minimum absolute atomic E-state index is 0.0769. The fourth-order valence-corrected chi connectivity index (χ4v) is 3.84. The lowest BCUT2D eigenvalue weighted by Gasteiger charge is -2.33. The van der Waals surface area contributed by atoms with Gasteiger partial charge in [0.15, 0.2) is 0 Å². The van der Waals surface area contributed by atoms with Crippen LogP contribution in [0.1, 0.15) is 34.8 Å². The van der Waals surface area contributed by atoms with Crippen molar-refractivity contribution in [2.24, 2.45) is 0 Å². The molecule has 1 amide bonds. The number of hydrogen-bond donors (Lipinski definition) is 0. The highest BCUT2D eigenvalue weighted by atomic mass is 16.5. The summed E-state index contributed by atoms with van der Waals surface area (Å²) in [5.41, 5.74) is 3.42. The first-order valence-corrected chi connectivity index (χ1v) is 9.56. The molecule has 5 heteroatoms. The molecule has 2 heterocycles. The number of amides is 1. The quantitative estimate of drug-likeness (QED) is 0.689. The van der Waals surface area contributed by atoms with Gasteiger partial charge in [-0.15, -0.1) is 0 Å². The number of likely N-dealkylation sites (tertiary alicyclic amines) is 1. The highest BCUT2D eigenvalue weighted by Crippen LogP contribution is 2.35. The molecular weight excluding hydrogens is 350 g/mol. The van der Waals surface area contributed by atoms with E-state index >= 15 is 0 Å². The van der Waals surface area contributed by atoms with Crippen LogP contribution in [0.4, 0.5) is 0 Å². The van der Waals surface area contributed by atoms with Crippen LogP contribution in [0.5, 0.6) is 5.75 Å². The summed E-state index contributed by atoms with van der Waals surface area (Å²) in [6.07, 6.45) is 5.37. The molecule has 3 aromatic rings. The van der Waals surface area contributed by atoms with Gasteiger partial charge in [0.1, 0.15) is 5.75 Å². The molecule has 0 radical (unpaired) electrons. The molecule has 2 aromatic carbocycles. The van der Waals surface area contributed by atoms with E-state index in [0.717, 1.165) is 47.7 Å². The number of methoxy groups -OCH3 is 1. The van der Waals surface area contributed by atoms with Gasteiger partial charge in [-0.2, -0.15) is 0 Å². The maximum absolute atomic E-state index is 12.9. The van der Waals surface area contributed by atoms with Gasteiger partial charge in [-0.1, -0.05) is 30.3 Å². The molecule has 1 aromatic heterocycles. The molecule has 0 bridgehead atoms. The highest BCUT2D eigenvalue weighted by Gasteiger charge is 2.29. The number of carbonyl (C=O) groups is 1. The van der Waals surface area contributed by atoms with Crippen LogP contribution in [0.3, 0.4) is 0 Å². The van der Waals surface area contributed by atoms with Gasteiger partial charge in [0.05, 0.1) is 18.5 Å². The van der Waals surface area contributed by atoms with Gasteiger partial charge in [0.25, 0.3) is 5.91 Å². The molecule has 1 unspecified atom stereocenters. The third kappa shape index (κ3) is 3.60. The number of nitrogens with zero attached hydrogens (tertiary/aromatic N) is 3. The lowest BCUT2D eigenvalue weighted by molar-refractivity contribution is 0.0706. The molecule has 0 aliphatic carbocycles. The van der Waals surface area contributed by atoms with Crippen LogP contribution in [0.25, 0.3) is 11.3 Å². The zero-order valence-electron chi connectivity index (χ0n) is 15.9. The molecule has 4 rings (SSSR count). The topological polar surface area (TPSA) is 55.3 Å². The Kier molecular flexibility index (Phi) is 5.33. The molecule has 1 aliphatic rings. The van der Waals surface area contributed by atoms with E-state index in [2.05, 4.69) is 9.97 Å². The predicted octanol–water partition coefficient (Wildman–Crippen LogP) is 4.17. The van der Waals surface area contributed by atoms with E-state index in [1.807, 2.05) is 59.5 Å². The number of benzene rings is 2. The van der Waals surface area contributed by atoms with Gasteiger partial charge < -0.3 is 9.64 Å². The van der Waals surface area contributed by atoms with E-state index in [9.17, 15) is 4.79 Å². The Morgan fingerprint density at radius 3 is 2.61 bits per heavy atom. The summed E-state index contributed by atoms with van der Waals surface area (Å²) in [4.78, 5) is 24.1. The number of aromatic nitrogens is 2. The molecular formula is C23H23N3O2. The number of rotatable bonds is 4. The second kappa shape index (κ2) is 8.21. The fourth-order valence-electron chi connectivity index (χ4n) is 3.84. The summed E-state index contributed by atoms with van der Waals surface area (Å²) in [5, 5.41) is 0. The van der Waals surface area contributed by atoms with E-state index in [-0.39, 0.29) is 11.8 Å². The second-order valence-corrected chi connectivity index (χ2v) is 6.95. The molecule has 1 fully saturated rings. The summed E-state index contributed by atoms with van der Waals surface area (Å²) < 4.78 is 5.53. The van der Waals surface area contributed by atoms with Gasteiger partial charge >= 0.3 is 0 Å². The van der Waals surface area contributed by atoms with Crippen LogP contribution in [0.15, 0.2) is 67.0 Å². The highest BCUT2D eigenvalue weighted by molar-refractivity contribution is 5.94. The maximum Gasteiger partial charge on any atom is 0.253 e. The van der Waals surface area contributed by atoms with Crippen molar-refractivity contribution < 1.29 is 9.53 Å². The van der Waals surface area contributed by atoms with Crippen LogP contribution in [-0.2, 0) is 0 Å². The van der Waals surface area contributed by atoms with Crippen molar-refractivity contribution in [2.45, 2.75) is 18.8 Å². The zero-order valence-corrected chi connectivity index (χ0v) is 15.9. The van der Waals surface area contributed by atoms with Crippen LogP contribution in [-0.4, -0.2) is 41.0 Å². The molecule has 142 valence electrons. The van der Waals surface area contributed by atoms with E-state index < -0.39 is 0 Å². The van der Waals surface area contributed by atoms with Crippen molar-refractivity contribution in [3.8, 4) is 17.0 Å². The molecule has 1 saturated heterocycles. The summed E-state index contributed by atoms with van der Waals surface area (Å²) in [7, 11) is 1.66. The average molecular weight is 373 g/mol. The first-order valence-electron chi connectivity index (χ1n) is 9.56. The van der Waals surface area contributed by atoms with Crippen molar-refractivity contribution >= 4 is 5.91 Å². The third-order valence-corrected chi connectivity index (χ3v) is 5.20. The third-order valence-electron chi connectivity index (χ3n) is 5.20. The minimum Gasteiger partial charge on any atom is -0.496 e. The van der Waals surface area contributed by atoms with Crippen molar-refractivity contribution in [3.63, 3.8) is 0 Å². The van der Waals surface area contributed by atoms with Gasteiger partial charge in [-0.3, -0.25) is 14.8 Å². The lowest BCUT2D eigenvalue weighted by Crippen LogP contribution is -2.39. The van der Waals surface area contributed by atoms with E-state index in [1.165, 1.54) is 0 Å². The van der Waals surface area contributed by atoms with Gasteiger partial charge in [0.2, 0.25) is 0 Å². The van der Waals surface area contributed by atoms with Crippen molar-refractivity contribution in [1.29, 1.82) is 0 Å². The number of carbonyl (C=O) groups excluding carboxylic acids is 1. The number of piperidine rings is 1. The van der Waals surface area contributed by atoms with Crippen LogP contribution >= 0.6 is 0 Å². The number of hydrogen-bond acceptors (Lipinski definition) is 4. The average Bonchev–Trinajstić information content (AvgIpc) is 2.79. The summed E-state index contributed by atoms with van der Waals surface area (Å²) >= 11 is 0. The summed E-state index contributed by atoms with van der Waals surface area (Å²) in [6, 6.07) is 17.3. The molecule has 1 aliphatic heterocycles. The van der Waals surface area contributed by atoms with Crippen molar-refractivity contribution in [3.05, 3.63) is 78.2 Å². The van der Waals surface area contributed by atoms with Crippen LogP contribution < -0.4 is 4.74 Å². The molecule has 0 spiro atoms. The van der Waals surface area contributed by atoms with Gasteiger partial charge in [0, 0.05) is 42.5 Å². The summed E-state index contributed by atoms with van der Waals surface area (Å²) in [6.45, 7) is 1.42. The van der Waals surface area contributed by atoms with Gasteiger partial charge in [-0.25, -0.2) is 0 Å². The Morgan fingerprint density at radius 1 is 1.04 bits per heavy atom. The fraction of sp³-hybridized carbons (Fsp3) is 0.261. The van der Waals surface area contributed by atoms with E-state index in [1.54, 1.807) is 19.5 Å². The number of ether oxygens (including phenoxy) is 1. The molecule has 5 nitrogen and oxygen atoms in total. The van der Waals surface area contributed by atoms with Gasteiger partial charge in [-0.05, 0) is 37.1 Å². The Hall–Kier alpha value is -3.21. The van der Waals surface area contributed by atoms with Crippen LogP contribution in [0.2, 0.25) is 0 Å². The molecule has 0 N–H and O–H groups in total. The Bertz CT molecular complexity index is 959. The molecule has 28 heavy (non-hydrogen) atoms. The standard InChI is InChI=1S/C23H23N3O2/c1-28-20-12-6-5-11-19(20)22-21(24-13-14-25-22)18-10-7-15-26(16-18)23(27)17-8-3-2-4-9-17/h2-6,8-9,11-14,18H,7,10,15-16H2,1H3. The van der Waals surface area contributed by atoms with E-state index in [0.29, 0.717) is 6.54 Å². The van der Waals surface area contributed by atoms with Crippen molar-refractivity contribution in [1.82, 2.24) is 14.9 Å². The predicted molar refractivity (Wildman–Crippen MR) is 108 cm³/mol. The van der Waals surface area contributed by atoms with E-state index in [4.69, 9.17) is 4.74 Å². The van der Waals surface area contributed by atoms with Crippen LogP contribution in [0, 0.1) is 0 Å². The monoisotopic (exact) mass is 373 g/mol. The lowest BCUT2D eigenvalue weighted by atomic mass is 9.91. The maximum atomic E-state index is 12.9. The zero-order chi connectivity index (χ0) is 19.3. The normalized spacial score (nSPS) is 16.6. The Morgan fingerprint density at radius 2 is 1.79 bits per heavy atom. The molecule has 0 saturated carbocycles. The summed E-state index contributed by atoms with van der Waals surface area (Å²) in [5.74, 6) is 1.00. The first-order chi connectivity index (χ1) is 13.8. The SMILES string of the molecule is COc1ccccc1-c1nccnc1C1CCCN(C(=O)c2ccccc2)C1. The molecule has 1 atom stereocenters. The Balaban J connectivity index is 1.64. The Labute approximate surface area is 165 Å². The van der Waals surface area contributed by atoms with Crippen molar-refractivity contribution in [2.75, 3.05) is 20.2 Å². The minimum atomic E-state index is 0.0769. The largest absolute Gasteiger partial charge is 0.496 e. The first kappa shape index (κ1) is 18.2.